The third-order valence-electron chi connectivity index (χ3n) is 2.63. The van der Waals surface area contributed by atoms with Crippen molar-refractivity contribution in [2.24, 2.45) is 0 Å². The molecule has 2 aromatic carbocycles. The van der Waals surface area contributed by atoms with Gasteiger partial charge in [0, 0.05) is 17.7 Å². The van der Waals surface area contributed by atoms with Crippen LogP contribution in [0.3, 0.4) is 0 Å². The maximum absolute atomic E-state index is 11.1. The molecule has 8 nitrogen and oxygen atoms in total. The predicted octanol–water partition coefficient (Wildman–Crippen LogP) is 3.67. The van der Waals surface area contributed by atoms with E-state index in [9.17, 15) is 25.0 Å². The Morgan fingerprint density at radius 1 is 1.00 bits per heavy atom. The first-order chi connectivity index (χ1) is 10.4. The molecular formula is C13H7ClN2O6. The second kappa shape index (κ2) is 6.19. The van der Waals surface area contributed by atoms with Gasteiger partial charge in [0.2, 0.25) is 0 Å². The number of nitro benzene ring substituents is 2. The molecule has 22 heavy (non-hydrogen) atoms. The van der Waals surface area contributed by atoms with Crippen LogP contribution in [0.1, 0.15) is 10.4 Å². The Morgan fingerprint density at radius 3 is 1.91 bits per heavy atom. The SMILES string of the molecule is O=C(Cl)c1cc([N+](=O)[O-])c(Oc2ccccc2)c([N+](=O)[O-])c1. The van der Waals surface area contributed by atoms with Gasteiger partial charge in [0.1, 0.15) is 5.75 Å². The van der Waals surface area contributed by atoms with Crippen LogP contribution >= 0.6 is 11.6 Å². The summed E-state index contributed by atoms with van der Waals surface area (Å²) in [5.74, 6) is -0.387. The van der Waals surface area contributed by atoms with Crippen LogP contribution in [0.25, 0.3) is 0 Å². The summed E-state index contributed by atoms with van der Waals surface area (Å²) >= 11 is 5.24. The summed E-state index contributed by atoms with van der Waals surface area (Å²) in [7, 11) is 0. The monoisotopic (exact) mass is 322 g/mol. The Bertz CT molecular complexity index is 727. The molecule has 0 atom stereocenters. The summed E-state index contributed by atoms with van der Waals surface area (Å²) in [4.78, 5) is 31.6. The number of nitro groups is 2. The van der Waals surface area contributed by atoms with E-state index in [1.165, 1.54) is 12.1 Å². The Kier molecular flexibility index (Phi) is 4.33. The van der Waals surface area contributed by atoms with Crippen LogP contribution < -0.4 is 4.74 Å². The summed E-state index contributed by atoms with van der Waals surface area (Å²) < 4.78 is 5.26. The van der Waals surface area contributed by atoms with Crippen molar-refractivity contribution in [3.05, 3.63) is 68.3 Å². The van der Waals surface area contributed by atoms with E-state index in [0.717, 1.165) is 12.1 Å². The number of nitrogens with zero attached hydrogens (tertiary/aromatic N) is 2. The topological polar surface area (TPSA) is 113 Å². The second-order valence-electron chi connectivity index (χ2n) is 4.05. The van der Waals surface area contributed by atoms with Crippen LogP contribution in [0.15, 0.2) is 42.5 Å². The Hall–Kier alpha value is -3.00. The van der Waals surface area contributed by atoms with Crippen molar-refractivity contribution in [3.8, 4) is 11.5 Å². The quantitative estimate of drug-likeness (QED) is 0.471. The molecule has 0 aliphatic heterocycles. The molecule has 0 bridgehead atoms. The van der Waals surface area contributed by atoms with Crippen molar-refractivity contribution in [1.29, 1.82) is 0 Å². The van der Waals surface area contributed by atoms with Gasteiger partial charge in [-0.15, -0.1) is 0 Å². The predicted molar refractivity (Wildman–Crippen MR) is 76.5 cm³/mol. The molecule has 2 rings (SSSR count). The number of para-hydroxylation sites is 1. The lowest BCUT2D eigenvalue weighted by molar-refractivity contribution is -0.395. The molecule has 0 aliphatic carbocycles. The molecule has 0 saturated heterocycles. The normalized spacial score (nSPS) is 10.0. The average molecular weight is 323 g/mol. The van der Waals surface area contributed by atoms with Crippen molar-refractivity contribution >= 4 is 28.2 Å². The van der Waals surface area contributed by atoms with Crippen molar-refractivity contribution in [1.82, 2.24) is 0 Å². The molecule has 0 aromatic heterocycles. The number of benzene rings is 2. The van der Waals surface area contributed by atoms with Gasteiger partial charge in [0.05, 0.1) is 9.85 Å². The molecular weight excluding hydrogens is 316 g/mol. The highest BCUT2D eigenvalue weighted by atomic mass is 35.5. The number of hydrogen-bond donors (Lipinski definition) is 0. The standard InChI is InChI=1S/C13H7ClN2O6/c14-13(17)8-6-10(15(18)19)12(11(7-8)16(20)21)22-9-4-2-1-3-5-9/h1-7H. The van der Waals surface area contributed by atoms with Gasteiger partial charge in [0.15, 0.2) is 0 Å². The van der Waals surface area contributed by atoms with E-state index in [1.807, 2.05) is 0 Å². The van der Waals surface area contributed by atoms with Crippen LogP contribution in [0.2, 0.25) is 0 Å². The summed E-state index contributed by atoms with van der Waals surface area (Å²) in [6, 6.07) is 9.52. The van der Waals surface area contributed by atoms with Gasteiger partial charge < -0.3 is 4.74 Å². The van der Waals surface area contributed by atoms with Gasteiger partial charge in [-0.05, 0) is 23.7 Å². The highest BCUT2D eigenvalue weighted by Gasteiger charge is 2.30. The molecule has 0 heterocycles. The first kappa shape index (κ1) is 15.4. The highest BCUT2D eigenvalue weighted by molar-refractivity contribution is 6.67. The van der Waals surface area contributed by atoms with Gasteiger partial charge in [-0.2, -0.15) is 0 Å². The fraction of sp³-hybridized carbons (Fsp3) is 0. The van der Waals surface area contributed by atoms with E-state index in [1.54, 1.807) is 18.2 Å². The van der Waals surface area contributed by atoms with Gasteiger partial charge in [-0.1, -0.05) is 18.2 Å². The molecule has 0 fully saturated rings. The van der Waals surface area contributed by atoms with E-state index in [0.29, 0.717) is 0 Å². The van der Waals surface area contributed by atoms with E-state index in [2.05, 4.69) is 0 Å². The second-order valence-corrected chi connectivity index (χ2v) is 4.39. The van der Waals surface area contributed by atoms with E-state index < -0.39 is 32.2 Å². The van der Waals surface area contributed by atoms with Gasteiger partial charge >= 0.3 is 11.4 Å². The van der Waals surface area contributed by atoms with Crippen LogP contribution in [-0.4, -0.2) is 15.1 Å². The average Bonchev–Trinajstić information content (AvgIpc) is 2.47. The minimum absolute atomic E-state index is 0.179. The van der Waals surface area contributed by atoms with Crippen molar-refractivity contribution in [2.45, 2.75) is 0 Å². The smallest absolute Gasteiger partial charge is 0.319 e. The lowest BCUT2D eigenvalue weighted by Gasteiger charge is -2.07. The first-order valence-corrected chi connectivity index (χ1v) is 6.17. The molecule has 112 valence electrons. The fourth-order valence-corrected chi connectivity index (χ4v) is 1.80. The maximum Gasteiger partial charge on any atom is 0.319 e. The van der Waals surface area contributed by atoms with Gasteiger partial charge in [-0.25, -0.2) is 0 Å². The number of ether oxygens (including phenoxy) is 1. The zero-order valence-electron chi connectivity index (χ0n) is 10.8. The van der Waals surface area contributed by atoms with Crippen LogP contribution in [0.4, 0.5) is 11.4 Å². The summed E-state index contributed by atoms with van der Waals surface area (Å²) in [5, 5.41) is 21.2. The van der Waals surface area contributed by atoms with Crippen molar-refractivity contribution < 1.29 is 19.4 Å². The molecule has 0 saturated carbocycles. The number of carbonyl (C=O) groups is 1. The first-order valence-electron chi connectivity index (χ1n) is 5.79. The minimum Gasteiger partial charge on any atom is -0.444 e. The number of carbonyl (C=O) groups excluding carboxylic acids is 1. The van der Waals surface area contributed by atoms with E-state index >= 15 is 0 Å². The highest BCUT2D eigenvalue weighted by Crippen LogP contribution is 2.41. The van der Waals surface area contributed by atoms with Crippen molar-refractivity contribution in [3.63, 3.8) is 0 Å². The molecule has 0 spiro atoms. The lowest BCUT2D eigenvalue weighted by Crippen LogP contribution is -2.02. The van der Waals surface area contributed by atoms with E-state index in [-0.39, 0.29) is 11.3 Å². The lowest BCUT2D eigenvalue weighted by atomic mass is 10.1. The molecule has 0 radical (unpaired) electrons. The number of hydrogen-bond acceptors (Lipinski definition) is 6. The maximum atomic E-state index is 11.1. The molecule has 0 N–H and O–H groups in total. The molecule has 0 aliphatic rings. The van der Waals surface area contributed by atoms with Crippen molar-refractivity contribution in [2.75, 3.05) is 0 Å². The Balaban J connectivity index is 2.66. The fourth-order valence-electron chi connectivity index (χ4n) is 1.69. The zero-order chi connectivity index (χ0) is 16.3. The van der Waals surface area contributed by atoms with Crippen LogP contribution in [-0.2, 0) is 0 Å². The largest absolute Gasteiger partial charge is 0.444 e. The van der Waals surface area contributed by atoms with Crippen LogP contribution in [0, 0.1) is 20.2 Å². The molecule has 0 amide bonds. The molecule has 9 heteroatoms. The van der Waals surface area contributed by atoms with Gasteiger partial charge in [0.25, 0.3) is 11.0 Å². The third-order valence-corrected chi connectivity index (χ3v) is 2.85. The summed E-state index contributed by atoms with van der Waals surface area (Å²) in [5.41, 5.74) is -1.80. The number of halogens is 1. The third kappa shape index (κ3) is 3.18. The number of rotatable bonds is 5. The molecule has 2 aromatic rings. The Morgan fingerprint density at radius 2 is 1.50 bits per heavy atom. The molecule has 0 unspecified atom stereocenters. The van der Waals surface area contributed by atoms with Gasteiger partial charge in [-0.3, -0.25) is 25.0 Å². The summed E-state index contributed by atoms with van der Waals surface area (Å²) in [6.07, 6.45) is 0. The van der Waals surface area contributed by atoms with E-state index in [4.69, 9.17) is 16.3 Å². The Labute approximate surface area is 128 Å². The summed E-state index contributed by atoms with van der Waals surface area (Å²) in [6.45, 7) is 0. The zero-order valence-corrected chi connectivity index (χ0v) is 11.5. The van der Waals surface area contributed by atoms with Crippen LogP contribution in [0.5, 0.6) is 11.5 Å². The minimum atomic E-state index is -1.04.